The smallest absolute Gasteiger partial charge is 0.203 e. The van der Waals surface area contributed by atoms with Crippen molar-refractivity contribution in [1.82, 2.24) is 14.7 Å². The lowest BCUT2D eigenvalue weighted by Crippen LogP contribution is -2.48. The van der Waals surface area contributed by atoms with Gasteiger partial charge in [0.1, 0.15) is 0 Å². The topological polar surface area (TPSA) is 19.0 Å². The third kappa shape index (κ3) is 13.0. The van der Waals surface area contributed by atoms with E-state index in [1.54, 1.807) is 0 Å². The second kappa shape index (κ2) is 15.1. The van der Waals surface area contributed by atoms with Crippen molar-refractivity contribution in [3.8, 4) is 0 Å². The van der Waals surface area contributed by atoms with Gasteiger partial charge in [0.2, 0.25) is 8.32 Å². The van der Waals surface area contributed by atoms with Crippen LogP contribution in [-0.4, -0.2) is 89.2 Å². The van der Waals surface area contributed by atoms with Gasteiger partial charge < -0.3 is 19.1 Å². The molecular formula is C20H47N3OSi. The Labute approximate surface area is 160 Å². The van der Waals surface area contributed by atoms with Crippen molar-refractivity contribution in [2.24, 2.45) is 0 Å². The van der Waals surface area contributed by atoms with Gasteiger partial charge in [-0.3, -0.25) is 0 Å². The summed E-state index contributed by atoms with van der Waals surface area (Å²) in [6.45, 7) is 19.5. The lowest BCUT2D eigenvalue weighted by molar-refractivity contribution is 0.230. The minimum Gasteiger partial charge on any atom is -0.416 e. The molecule has 0 radical (unpaired) electrons. The first kappa shape index (κ1) is 25.1. The van der Waals surface area contributed by atoms with Crippen LogP contribution < -0.4 is 0 Å². The van der Waals surface area contributed by atoms with E-state index in [1.807, 2.05) is 0 Å². The molecule has 0 saturated heterocycles. The van der Waals surface area contributed by atoms with Crippen LogP contribution in [0.3, 0.4) is 0 Å². The Balaban J connectivity index is 4.48. The fraction of sp³-hybridized carbons (Fsp3) is 1.00. The van der Waals surface area contributed by atoms with Crippen molar-refractivity contribution in [3.63, 3.8) is 0 Å². The van der Waals surface area contributed by atoms with Crippen LogP contribution in [-0.2, 0) is 4.43 Å². The van der Waals surface area contributed by atoms with Gasteiger partial charge >= 0.3 is 0 Å². The highest BCUT2D eigenvalue weighted by molar-refractivity contribution is 6.72. The zero-order valence-electron chi connectivity index (χ0n) is 18.4. The van der Waals surface area contributed by atoms with Crippen molar-refractivity contribution in [2.45, 2.75) is 66.0 Å². The molecule has 5 heteroatoms. The summed E-state index contributed by atoms with van der Waals surface area (Å²) in [4.78, 5) is 7.63. The normalized spacial score (nSPS) is 14.6. The summed E-state index contributed by atoms with van der Waals surface area (Å²) in [6.07, 6.45) is 6.21. The van der Waals surface area contributed by atoms with Crippen LogP contribution in [0, 0.1) is 0 Å². The summed E-state index contributed by atoms with van der Waals surface area (Å²) in [5.74, 6) is 0. The minimum atomic E-state index is -1.57. The maximum absolute atomic E-state index is 6.22. The van der Waals surface area contributed by atoms with E-state index in [2.05, 4.69) is 63.0 Å². The third-order valence-electron chi connectivity index (χ3n) is 5.04. The molecule has 0 aliphatic rings. The molecule has 25 heavy (non-hydrogen) atoms. The van der Waals surface area contributed by atoms with Crippen LogP contribution in [0.5, 0.6) is 0 Å². The van der Waals surface area contributed by atoms with E-state index < -0.39 is 8.32 Å². The predicted octanol–water partition coefficient (Wildman–Crippen LogP) is 3.92. The molecule has 4 nitrogen and oxygen atoms in total. The monoisotopic (exact) mass is 373 g/mol. The van der Waals surface area contributed by atoms with Crippen LogP contribution in [0.15, 0.2) is 0 Å². The van der Waals surface area contributed by atoms with E-state index >= 15 is 0 Å². The standard InChI is InChI=1S/C20H47N3OSi/c1-8-14-21(5)16-12-18-23(19-13-17-22(6)15-9-2)20-25(7,11-4)24-10-3/h8-20H2,1-7H3. The van der Waals surface area contributed by atoms with Crippen LogP contribution >= 0.6 is 0 Å². The number of nitrogens with zero attached hydrogens (tertiary/aromatic N) is 3. The van der Waals surface area contributed by atoms with E-state index in [0.717, 1.165) is 6.61 Å². The summed E-state index contributed by atoms with van der Waals surface area (Å²) in [5, 5.41) is 0. The SMILES string of the molecule is CCCN(C)CCCN(CCCN(C)CCC)C[Si](C)(CC)OCC. The first-order chi connectivity index (χ1) is 11.9. The lowest BCUT2D eigenvalue weighted by Gasteiger charge is -2.33. The van der Waals surface area contributed by atoms with Gasteiger partial charge in [0.05, 0.1) is 0 Å². The van der Waals surface area contributed by atoms with Crippen molar-refractivity contribution >= 4 is 8.32 Å². The fourth-order valence-corrected chi connectivity index (χ4v) is 5.94. The molecule has 0 aliphatic heterocycles. The lowest BCUT2D eigenvalue weighted by atomic mass is 10.3. The zero-order valence-corrected chi connectivity index (χ0v) is 19.4. The van der Waals surface area contributed by atoms with Crippen LogP contribution in [0.4, 0.5) is 0 Å². The van der Waals surface area contributed by atoms with Gasteiger partial charge in [0.15, 0.2) is 0 Å². The zero-order chi connectivity index (χ0) is 19.1. The molecule has 0 aromatic carbocycles. The molecule has 152 valence electrons. The second-order valence-electron chi connectivity index (χ2n) is 7.83. The van der Waals surface area contributed by atoms with Crippen LogP contribution in [0.1, 0.15) is 53.4 Å². The molecule has 0 aliphatic carbocycles. The summed E-state index contributed by atoms with van der Waals surface area (Å²) < 4.78 is 6.22. The van der Waals surface area contributed by atoms with Crippen LogP contribution in [0.25, 0.3) is 0 Å². The maximum atomic E-state index is 6.22. The van der Waals surface area contributed by atoms with Gasteiger partial charge in [-0.2, -0.15) is 0 Å². The molecule has 0 fully saturated rings. The molecule has 1 atom stereocenters. The Kier molecular flexibility index (Phi) is 15.2. The fourth-order valence-electron chi connectivity index (χ4n) is 3.47. The van der Waals surface area contributed by atoms with Crippen molar-refractivity contribution in [3.05, 3.63) is 0 Å². The molecule has 0 aromatic heterocycles. The number of hydrogen-bond donors (Lipinski definition) is 0. The van der Waals surface area contributed by atoms with Crippen molar-refractivity contribution in [2.75, 3.05) is 66.1 Å². The van der Waals surface area contributed by atoms with Crippen LogP contribution in [0.2, 0.25) is 12.6 Å². The van der Waals surface area contributed by atoms with Crippen molar-refractivity contribution in [1.29, 1.82) is 0 Å². The van der Waals surface area contributed by atoms with Gasteiger partial charge in [0.25, 0.3) is 0 Å². The highest BCUT2D eigenvalue weighted by atomic mass is 28.4. The summed E-state index contributed by atoms with van der Waals surface area (Å²) in [6, 6.07) is 1.21. The molecule has 0 rings (SSSR count). The second-order valence-corrected chi connectivity index (χ2v) is 12.0. The highest BCUT2D eigenvalue weighted by Gasteiger charge is 2.29. The molecule has 0 bridgehead atoms. The largest absolute Gasteiger partial charge is 0.416 e. The number of rotatable bonds is 17. The first-order valence-electron chi connectivity index (χ1n) is 10.6. The predicted molar refractivity (Wildman–Crippen MR) is 115 cm³/mol. The van der Waals surface area contributed by atoms with E-state index in [0.29, 0.717) is 0 Å². The van der Waals surface area contributed by atoms with E-state index in [9.17, 15) is 0 Å². The Morgan fingerprint density at radius 1 is 0.720 bits per heavy atom. The first-order valence-corrected chi connectivity index (χ1v) is 13.5. The average Bonchev–Trinajstić information content (AvgIpc) is 2.55. The molecule has 0 aromatic rings. The Morgan fingerprint density at radius 3 is 1.56 bits per heavy atom. The molecule has 0 saturated carbocycles. The average molecular weight is 374 g/mol. The molecule has 0 spiro atoms. The molecule has 0 heterocycles. The highest BCUT2D eigenvalue weighted by Crippen LogP contribution is 2.14. The van der Waals surface area contributed by atoms with Gasteiger partial charge in [-0.25, -0.2) is 0 Å². The Hall–Kier alpha value is 0.0569. The van der Waals surface area contributed by atoms with E-state index in [-0.39, 0.29) is 0 Å². The Morgan fingerprint density at radius 2 is 1.20 bits per heavy atom. The summed E-state index contributed by atoms with van der Waals surface area (Å²) in [7, 11) is 2.92. The molecular weight excluding hydrogens is 326 g/mol. The van der Waals surface area contributed by atoms with E-state index in [4.69, 9.17) is 4.43 Å². The summed E-state index contributed by atoms with van der Waals surface area (Å²) >= 11 is 0. The Bertz CT molecular complexity index is 289. The maximum Gasteiger partial charge on any atom is 0.203 e. The van der Waals surface area contributed by atoms with Gasteiger partial charge in [-0.05, 0) is 98.6 Å². The quantitative estimate of drug-likeness (QED) is 0.360. The van der Waals surface area contributed by atoms with Gasteiger partial charge in [-0.15, -0.1) is 0 Å². The van der Waals surface area contributed by atoms with Crippen molar-refractivity contribution < 1.29 is 4.43 Å². The van der Waals surface area contributed by atoms with E-state index in [1.165, 1.54) is 77.2 Å². The van der Waals surface area contributed by atoms with Gasteiger partial charge in [0, 0.05) is 12.8 Å². The van der Waals surface area contributed by atoms with Gasteiger partial charge in [-0.1, -0.05) is 20.8 Å². The summed E-state index contributed by atoms with van der Waals surface area (Å²) in [5.41, 5.74) is 0. The number of hydrogen-bond acceptors (Lipinski definition) is 4. The molecule has 0 N–H and O–H groups in total. The minimum absolute atomic E-state index is 0.864. The molecule has 1 unspecified atom stereocenters. The molecule has 0 amide bonds. The third-order valence-corrected chi connectivity index (χ3v) is 8.64.